The van der Waals surface area contributed by atoms with E-state index >= 15 is 0 Å². The monoisotopic (exact) mass is 600 g/mol. The van der Waals surface area contributed by atoms with Gasteiger partial charge in [0.2, 0.25) is 0 Å². The summed E-state index contributed by atoms with van der Waals surface area (Å²) in [6, 6.07) is 6.62. The Balaban J connectivity index is 2.19. The fraction of sp³-hybridized carbons (Fsp3) is 0. The van der Waals surface area contributed by atoms with Gasteiger partial charge in [-0.15, -0.1) is 0 Å². The molecule has 0 aliphatic rings. The van der Waals surface area contributed by atoms with E-state index in [0.717, 1.165) is 24.3 Å². The zero-order chi connectivity index (χ0) is 20.1. The number of rotatable bonds is 8. The van der Waals surface area contributed by atoms with Gasteiger partial charge in [0.1, 0.15) is 0 Å². The van der Waals surface area contributed by atoms with Crippen LogP contribution in [0.25, 0.3) is 0 Å². The maximum atomic E-state index is 11.1. The quantitative estimate of drug-likeness (QED) is 0.244. The number of non-ortho nitro benzene ring substituents is 2. The van der Waals surface area contributed by atoms with E-state index in [1.165, 1.54) is 28.6 Å². The van der Waals surface area contributed by atoms with Crippen molar-refractivity contribution < 1.29 is 41.2 Å². The number of hydrogen-bond acceptors (Lipinski definition) is 10. The van der Waals surface area contributed by atoms with Crippen LogP contribution in [0.5, 0.6) is 0 Å². The maximum absolute atomic E-state index is 11.1. The van der Waals surface area contributed by atoms with Gasteiger partial charge in [-0.2, -0.15) is 0 Å². The molecule has 2 rings (SSSR count). The molecular formula is C12H6HgN4O8S2. The van der Waals surface area contributed by atoms with Crippen LogP contribution in [0.3, 0.4) is 0 Å². The molecule has 0 N–H and O–H groups in total. The number of nitro groups is 4. The van der Waals surface area contributed by atoms with E-state index in [0.29, 0.717) is 0 Å². The van der Waals surface area contributed by atoms with Crippen molar-refractivity contribution in [2.75, 3.05) is 0 Å². The van der Waals surface area contributed by atoms with Crippen molar-refractivity contribution in [2.45, 2.75) is 9.79 Å². The van der Waals surface area contributed by atoms with E-state index in [1.54, 1.807) is 0 Å². The fourth-order valence-corrected chi connectivity index (χ4v) is 20.7. The molecule has 0 amide bonds. The summed E-state index contributed by atoms with van der Waals surface area (Å²) in [4.78, 5) is 41.3. The SMILES string of the molecule is O=[N+]([O-])c1ccc([S][Hg][S]c2ccc([N+](=O)[O-])cc2[N+](=O)[O-])c([N+](=O)[O-])c1. The normalized spacial score (nSPS) is 10.1. The predicted octanol–water partition coefficient (Wildman–Crippen LogP) is 4.12. The van der Waals surface area contributed by atoms with Gasteiger partial charge < -0.3 is 0 Å². The summed E-state index contributed by atoms with van der Waals surface area (Å²) in [6.07, 6.45) is 0. The molecule has 0 aliphatic carbocycles. The van der Waals surface area contributed by atoms with Gasteiger partial charge in [0.25, 0.3) is 0 Å². The van der Waals surface area contributed by atoms with Crippen LogP contribution in [0.1, 0.15) is 0 Å². The van der Waals surface area contributed by atoms with Crippen molar-refractivity contribution >= 4 is 39.2 Å². The Morgan fingerprint density at radius 2 is 1.00 bits per heavy atom. The van der Waals surface area contributed by atoms with Gasteiger partial charge in [-0.25, -0.2) is 0 Å². The minimum absolute atomic E-state index is 0.254. The third-order valence-electron chi connectivity index (χ3n) is 3.13. The molecule has 0 unspecified atom stereocenters. The van der Waals surface area contributed by atoms with Gasteiger partial charge in [0, 0.05) is 0 Å². The standard InChI is InChI=1S/2C6H4N2O4S.Hg/c2*9-7(10)4-1-2-6(13)5(3-4)8(11)12;/h2*1-3,13H;/q;;+2/p-2. The molecule has 0 saturated carbocycles. The molecule has 2 aromatic rings. The van der Waals surface area contributed by atoms with Crippen molar-refractivity contribution in [3.8, 4) is 0 Å². The first-order valence-electron chi connectivity index (χ1n) is 6.82. The Labute approximate surface area is 166 Å². The van der Waals surface area contributed by atoms with E-state index in [4.69, 9.17) is 0 Å². The van der Waals surface area contributed by atoms with Crippen LogP contribution in [0.4, 0.5) is 22.7 Å². The van der Waals surface area contributed by atoms with E-state index in [9.17, 15) is 40.5 Å². The van der Waals surface area contributed by atoms with Gasteiger partial charge >= 0.3 is 167 Å². The topological polar surface area (TPSA) is 173 Å². The van der Waals surface area contributed by atoms with Gasteiger partial charge in [-0.05, 0) is 0 Å². The third-order valence-corrected chi connectivity index (χ3v) is 20.9. The average Bonchev–Trinajstić information content (AvgIpc) is 2.61. The molecule has 0 fully saturated rings. The van der Waals surface area contributed by atoms with E-state index in [2.05, 4.69) is 0 Å². The first-order valence-corrected chi connectivity index (χ1v) is 22.3. The minimum atomic E-state index is -2.10. The summed E-state index contributed by atoms with van der Waals surface area (Å²) in [5.74, 6) is 0. The number of benzene rings is 2. The first-order chi connectivity index (χ1) is 12.7. The Kier molecular flexibility index (Phi) is 7.03. The first kappa shape index (κ1) is 21.0. The molecule has 15 heteroatoms. The van der Waals surface area contributed by atoms with Crippen LogP contribution in [-0.4, -0.2) is 19.7 Å². The van der Waals surface area contributed by atoms with Gasteiger partial charge in [0.05, 0.1) is 0 Å². The molecule has 0 aromatic heterocycles. The Hall–Kier alpha value is -2.32. The van der Waals surface area contributed by atoms with Crippen molar-refractivity contribution in [1.29, 1.82) is 0 Å². The number of hydrogen-bond donors (Lipinski definition) is 0. The number of nitro benzene ring substituents is 4. The molecule has 136 valence electrons. The molecule has 0 aliphatic heterocycles. The number of nitrogens with zero attached hydrogens (tertiary/aromatic N) is 4. The van der Waals surface area contributed by atoms with Crippen LogP contribution in [0.2, 0.25) is 0 Å². The molecule has 0 saturated heterocycles. The van der Waals surface area contributed by atoms with Crippen LogP contribution in [0.15, 0.2) is 46.2 Å². The molecule has 2 aromatic carbocycles. The molecule has 27 heavy (non-hydrogen) atoms. The van der Waals surface area contributed by atoms with Crippen molar-refractivity contribution in [3.63, 3.8) is 0 Å². The zero-order valence-electron chi connectivity index (χ0n) is 13.0. The Morgan fingerprint density at radius 1 is 0.630 bits per heavy atom. The molecule has 0 atom stereocenters. The Bertz CT molecular complexity index is 881. The molecule has 12 nitrogen and oxygen atoms in total. The van der Waals surface area contributed by atoms with Crippen LogP contribution < -0.4 is 0 Å². The fourth-order valence-electron chi connectivity index (χ4n) is 1.92. The summed E-state index contributed by atoms with van der Waals surface area (Å²) < 4.78 is 0. The Morgan fingerprint density at radius 3 is 1.30 bits per heavy atom. The average molecular weight is 599 g/mol. The molecule has 0 spiro atoms. The van der Waals surface area contributed by atoms with Crippen molar-refractivity contribution in [2.24, 2.45) is 0 Å². The zero-order valence-corrected chi connectivity index (χ0v) is 20.2. The van der Waals surface area contributed by atoms with E-state index in [-0.39, 0.29) is 9.79 Å². The summed E-state index contributed by atoms with van der Waals surface area (Å²) in [7, 11) is 2.37. The van der Waals surface area contributed by atoms with Gasteiger partial charge in [-0.1, -0.05) is 0 Å². The van der Waals surface area contributed by atoms with Crippen molar-refractivity contribution in [3.05, 3.63) is 76.9 Å². The molecule has 0 radical (unpaired) electrons. The molecule has 0 heterocycles. The second-order valence-corrected chi connectivity index (χ2v) is 22.1. The second-order valence-electron chi connectivity index (χ2n) is 4.74. The summed E-state index contributed by atoms with van der Waals surface area (Å²) in [6.45, 7) is 0. The van der Waals surface area contributed by atoms with E-state index < -0.39 is 64.0 Å². The molecule has 0 bridgehead atoms. The van der Waals surface area contributed by atoms with Crippen LogP contribution in [0, 0.1) is 40.5 Å². The van der Waals surface area contributed by atoms with Crippen molar-refractivity contribution in [1.82, 2.24) is 0 Å². The summed E-state index contributed by atoms with van der Waals surface area (Å²) >= 11 is -2.10. The third kappa shape index (κ3) is 5.33. The van der Waals surface area contributed by atoms with Crippen LogP contribution in [-0.2, 0) is 21.5 Å². The summed E-state index contributed by atoms with van der Waals surface area (Å²) in [5, 5.41) is 43.7. The van der Waals surface area contributed by atoms with Gasteiger partial charge in [0.15, 0.2) is 0 Å². The van der Waals surface area contributed by atoms with Crippen LogP contribution >= 0.6 is 16.5 Å². The second kappa shape index (κ2) is 9.05. The summed E-state index contributed by atoms with van der Waals surface area (Å²) in [5.41, 5.74) is -1.59. The molecular weight excluding hydrogens is 593 g/mol. The predicted molar refractivity (Wildman–Crippen MR) is 91.2 cm³/mol. The van der Waals surface area contributed by atoms with Gasteiger partial charge in [-0.3, -0.25) is 0 Å². The van der Waals surface area contributed by atoms with E-state index in [1.807, 2.05) is 0 Å².